The third-order valence-electron chi connectivity index (χ3n) is 2.89. The summed E-state index contributed by atoms with van der Waals surface area (Å²) in [5, 5.41) is 11.0. The molecule has 0 aliphatic rings. The standard InChI is InChI=1S/C12H11N5OS/c1-2-16-10(18)9(8-6-4-3-5-7-8)15-17-11(16)13-14-12(17)19/h3-7H,2H2,1H3,(H,14,19). The number of hydrogen-bond donors (Lipinski definition) is 1. The van der Waals surface area contributed by atoms with Gasteiger partial charge in [0.1, 0.15) is 0 Å². The molecule has 96 valence electrons. The van der Waals surface area contributed by atoms with E-state index in [4.69, 9.17) is 12.2 Å². The van der Waals surface area contributed by atoms with Crippen LogP contribution in [0.4, 0.5) is 0 Å². The van der Waals surface area contributed by atoms with Gasteiger partial charge in [0, 0.05) is 12.1 Å². The summed E-state index contributed by atoms with van der Waals surface area (Å²) >= 11 is 5.11. The summed E-state index contributed by atoms with van der Waals surface area (Å²) in [5.41, 5.74) is 0.961. The summed E-state index contributed by atoms with van der Waals surface area (Å²) in [5.74, 6) is 0.428. The smallest absolute Gasteiger partial charge is 0.274 e. The molecule has 0 aliphatic heterocycles. The van der Waals surface area contributed by atoms with E-state index in [-0.39, 0.29) is 5.56 Å². The number of benzene rings is 1. The van der Waals surface area contributed by atoms with Crippen LogP contribution in [0, 0.1) is 4.77 Å². The normalized spacial score (nSPS) is 11.0. The summed E-state index contributed by atoms with van der Waals surface area (Å²) in [6.45, 7) is 2.39. The van der Waals surface area contributed by atoms with E-state index in [1.54, 1.807) is 4.57 Å². The molecule has 3 rings (SSSR count). The molecular formula is C12H11N5OS. The van der Waals surface area contributed by atoms with Gasteiger partial charge in [-0.3, -0.25) is 9.36 Å². The predicted octanol–water partition coefficient (Wildman–Crippen LogP) is 1.64. The van der Waals surface area contributed by atoms with Gasteiger partial charge in [-0.1, -0.05) is 30.3 Å². The molecule has 2 heterocycles. The van der Waals surface area contributed by atoms with Crippen molar-refractivity contribution in [1.29, 1.82) is 0 Å². The minimum atomic E-state index is -0.171. The molecule has 0 radical (unpaired) electrons. The van der Waals surface area contributed by atoms with Crippen molar-refractivity contribution < 1.29 is 0 Å². The Morgan fingerprint density at radius 3 is 2.74 bits per heavy atom. The lowest BCUT2D eigenvalue weighted by molar-refractivity contribution is 0.697. The fraction of sp³-hybridized carbons (Fsp3) is 0.167. The molecule has 19 heavy (non-hydrogen) atoms. The minimum Gasteiger partial charge on any atom is -0.274 e. The van der Waals surface area contributed by atoms with Gasteiger partial charge in [-0.25, -0.2) is 5.10 Å². The molecule has 0 atom stereocenters. The second-order valence-electron chi connectivity index (χ2n) is 4.00. The van der Waals surface area contributed by atoms with Crippen LogP contribution >= 0.6 is 12.2 Å². The summed E-state index contributed by atoms with van der Waals surface area (Å²) in [6.07, 6.45) is 0. The predicted molar refractivity (Wildman–Crippen MR) is 73.5 cm³/mol. The Kier molecular flexibility index (Phi) is 2.75. The fourth-order valence-electron chi connectivity index (χ4n) is 1.97. The summed E-state index contributed by atoms with van der Waals surface area (Å²) in [4.78, 5) is 12.4. The molecule has 0 saturated carbocycles. The first kappa shape index (κ1) is 11.8. The van der Waals surface area contributed by atoms with Crippen LogP contribution in [0.3, 0.4) is 0 Å². The van der Waals surface area contributed by atoms with Gasteiger partial charge in [-0.2, -0.15) is 9.61 Å². The first-order chi connectivity index (χ1) is 9.22. The van der Waals surface area contributed by atoms with Crippen molar-refractivity contribution in [3.05, 3.63) is 45.5 Å². The third-order valence-corrected chi connectivity index (χ3v) is 3.15. The molecule has 1 aromatic carbocycles. The average molecular weight is 273 g/mol. The topological polar surface area (TPSA) is 68.0 Å². The van der Waals surface area contributed by atoms with E-state index in [1.165, 1.54) is 4.52 Å². The number of hydrogen-bond acceptors (Lipinski definition) is 4. The average Bonchev–Trinajstić information content (AvgIpc) is 2.80. The number of aromatic amines is 1. The molecule has 0 fully saturated rings. The first-order valence-corrected chi connectivity index (χ1v) is 6.27. The summed E-state index contributed by atoms with van der Waals surface area (Å²) in [7, 11) is 0. The highest BCUT2D eigenvalue weighted by atomic mass is 32.1. The molecule has 1 N–H and O–H groups in total. The number of aromatic nitrogens is 5. The van der Waals surface area contributed by atoms with Gasteiger partial charge in [0.15, 0.2) is 5.69 Å². The van der Waals surface area contributed by atoms with Crippen molar-refractivity contribution in [2.45, 2.75) is 13.5 Å². The Morgan fingerprint density at radius 2 is 2.05 bits per heavy atom. The second kappa shape index (κ2) is 4.43. The maximum atomic E-state index is 12.4. The van der Waals surface area contributed by atoms with Crippen molar-refractivity contribution in [2.24, 2.45) is 0 Å². The van der Waals surface area contributed by atoms with Crippen LogP contribution < -0.4 is 5.56 Å². The van der Waals surface area contributed by atoms with Gasteiger partial charge in [0.25, 0.3) is 11.3 Å². The number of nitrogens with zero attached hydrogens (tertiary/aromatic N) is 4. The Morgan fingerprint density at radius 1 is 1.32 bits per heavy atom. The van der Waals surface area contributed by atoms with E-state index in [9.17, 15) is 4.79 Å². The Balaban J connectivity index is 2.44. The van der Waals surface area contributed by atoms with Gasteiger partial charge in [0.2, 0.25) is 4.77 Å². The molecule has 0 unspecified atom stereocenters. The van der Waals surface area contributed by atoms with Crippen molar-refractivity contribution in [3.63, 3.8) is 0 Å². The number of H-pyrrole nitrogens is 1. The molecular weight excluding hydrogens is 262 g/mol. The quantitative estimate of drug-likeness (QED) is 0.721. The van der Waals surface area contributed by atoms with Crippen LogP contribution in [0.15, 0.2) is 35.1 Å². The second-order valence-corrected chi connectivity index (χ2v) is 4.39. The molecule has 6 nitrogen and oxygen atoms in total. The third kappa shape index (κ3) is 1.78. The van der Waals surface area contributed by atoms with Crippen molar-refractivity contribution in [2.75, 3.05) is 0 Å². The molecule has 7 heteroatoms. The zero-order chi connectivity index (χ0) is 13.4. The monoisotopic (exact) mass is 273 g/mol. The summed E-state index contributed by atoms with van der Waals surface area (Å²) in [6, 6.07) is 9.32. The van der Waals surface area contributed by atoms with E-state index < -0.39 is 0 Å². The summed E-state index contributed by atoms with van der Waals surface area (Å²) < 4.78 is 3.39. The van der Waals surface area contributed by atoms with Crippen molar-refractivity contribution in [1.82, 2.24) is 24.4 Å². The van der Waals surface area contributed by atoms with E-state index in [0.717, 1.165) is 5.56 Å². The number of rotatable bonds is 2. The fourth-order valence-corrected chi connectivity index (χ4v) is 2.14. The van der Waals surface area contributed by atoms with E-state index in [0.29, 0.717) is 22.8 Å². The van der Waals surface area contributed by atoms with Crippen molar-refractivity contribution >= 4 is 18.0 Å². The zero-order valence-electron chi connectivity index (χ0n) is 10.2. The number of fused-ring (bicyclic) bond motifs is 1. The van der Waals surface area contributed by atoms with E-state index >= 15 is 0 Å². The lowest BCUT2D eigenvalue weighted by atomic mass is 10.2. The zero-order valence-corrected chi connectivity index (χ0v) is 11.0. The first-order valence-electron chi connectivity index (χ1n) is 5.86. The molecule has 3 aromatic rings. The van der Waals surface area contributed by atoms with Gasteiger partial charge in [0.05, 0.1) is 0 Å². The van der Waals surface area contributed by atoms with Crippen LogP contribution in [0.2, 0.25) is 0 Å². The SMILES string of the molecule is CCn1c(=O)c(-c2ccccc2)nn2c(=S)[nH]nc12. The molecule has 0 spiro atoms. The van der Waals surface area contributed by atoms with Gasteiger partial charge >= 0.3 is 0 Å². The highest BCUT2D eigenvalue weighted by Crippen LogP contribution is 2.12. The highest BCUT2D eigenvalue weighted by Gasteiger charge is 2.13. The lowest BCUT2D eigenvalue weighted by Crippen LogP contribution is -2.25. The van der Waals surface area contributed by atoms with Gasteiger partial charge < -0.3 is 0 Å². The molecule has 0 amide bonds. The molecule has 0 aliphatic carbocycles. The maximum absolute atomic E-state index is 12.4. The maximum Gasteiger partial charge on any atom is 0.281 e. The molecule has 0 bridgehead atoms. The number of aryl methyl sites for hydroxylation is 1. The van der Waals surface area contributed by atoms with Crippen LogP contribution in [-0.4, -0.2) is 24.4 Å². The van der Waals surface area contributed by atoms with E-state index in [2.05, 4.69) is 15.3 Å². The Bertz CT molecular complexity index is 846. The molecule has 0 saturated heterocycles. The Hall–Kier alpha value is -2.28. The van der Waals surface area contributed by atoms with Crippen LogP contribution in [-0.2, 0) is 6.54 Å². The van der Waals surface area contributed by atoms with Crippen LogP contribution in [0.1, 0.15) is 6.92 Å². The number of nitrogens with one attached hydrogen (secondary N) is 1. The Labute approximate surface area is 113 Å². The lowest BCUT2D eigenvalue weighted by Gasteiger charge is -2.06. The van der Waals surface area contributed by atoms with Gasteiger partial charge in [-0.15, -0.1) is 5.10 Å². The van der Waals surface area contributed by atoms with E-state index in [1.807, 2.05) is 37.3 Å². The van der Waals surface area contributed by atoms with Gasteiger partial charge in [-0.05, 0) is 19.1 Å². The molecule has 2 aromatic heterocycles. The highest BCUT2D eigenvalue weighted by molar-refractivity contribution is 7.71. The largest absolute Gasteiger partial charge is 0.281 e. The van der Waals surface area contributed by atoms with Crippen molar-refractivity contribution in [3.8, 4) is 11.3 Å². The van der Waals surface area contributed by atoms with Crippen LogP contribution in [0.25, 0.3) is 17.0 Å². The van der Waals surface area contributed by atoms with Crippen LogP contribution in [0.5, 0.6) is 0 Å². The minimum absolute atomic E-state index is 0.171.